The third kappa shape index (κ3) is 4.45. The molecule has 3 amide bonds. The van der Waals surface area contributed by atoms with Gasteiger partial charge in [0.05, 0.1) is 0 Å². The molecule has 1 aromatic carbocycles. The molecule has 27 heavy (non-hydrogen) atoms. The summed E-state index contributed by atoms with van der Waals surface area (Å²) in [5.74, 6) is -1.78. The molecule has 3 rings (SSSR count). The van der Waals surface area contributed by atoms with Crippen molar-refractivity contribution >= 4 is 29.4 Å². The van der Waals surface area contributed by atoms with Crippen LogP contribution in [-0.4, -0.2) is 72.3 Å². The second-order valence-electron chi connectivity index (χ2n) is 6.65. The number of ether oxygens (including phenoxy) is 1. The fourth-order valence-corrected chi connectivity index (χ4v) is 3.29. The smallest absolute Gasteiger partial charge is 0.326 e. The Morgan fingerprint density at radius 2 is 1.59 bits per heavy atom. The Balaban J connectivity index is 1.47. The van der Waals surface area contributed by atoms with E-state index in [4.69, 9.17) is 4.74 Å². The van der Waals surface area contributed by atoms with Crippen LogP contribution in [0.3, 0.4) is 0 Å². The Morgan fingerprint density at radius 3 is 2.19 bits per heavy atom. The molecule has 0 aliphatic carbocycles. The van der Waals surface area contributed by atoms with E-state index in [0.717, 1.165) is 10.6 Å². The van der Waals surface area contributed by atoms with Gasteiger partial charge in [-0.15, -0.1) is 0 Å². The van der Waals surface area contributed by atoms with Crippen LogP contribution in [0.4, 0.5) is 5.69 Å². The maximum absolute atomic E-state index is 12.5. The molecule has 1 atom stereocenters. The summed E-state index contributed by atoms with van der Waals surface area (Å²) in [6.07, 6.45) is -0.716. The number of benzene rings is 1. The molecule has 2 heterocycles. The molecule has 0 spiro atoms. The van der Waals surface area contributed by atoms with Gasteiger partial charge in [0.2, 0.25) is 11.8 Å². The van der Waals surface area contributed by atoms with E-state index in [1.54, 1.807) is 4.90 Å². The third-order valence-corrected chi connectivity index (χ3v) is 4.81. The van der Waals surface area contributed by atoms with Crippen LogP contribution in [0.15, 0.2) is 30.3 Å². The summed E-state index contributed by atoms with van der Waals surface area (Å²) in [5, 5.41) is 0. The minimum absolute atomic E-state index is 0.117. The molecule has 144 valence electrons. The number of para-hydroxylation sites is 1. The van der Waals surface area contributed by atoms with Gasteiger partial charge in [-0.2, -0.15) is 0 Å². The van der Waals surface area contributed by atoms with Gasteiger partial charge in [-0.1, -0.05) is 18.2 Å². The highest BCUT2D eigenvalue weighted by molar-refractivity contribution is 6.04. The monoisotopic (exact) mass is 373 g/mol. The van der Waals surface area contributed by atoms with Crippen LogP contribution in [0.2, 0.25) is 0 Å². The number of piperazine rings is 1. The molecule has 0 bridgehead atoms. The average Bonchev–Trinajstić information content (AvgIpc) is 3.00. The van der Waals surface area contributed by atoms with E-state index in [-0.39, 0.29) is 30.6 Å². The Labute approximate surface area is 157 Å². The summed E-state index contributed by atoms with van der Waals surface area (Å²) < 4.78 is 5.15. The molecule has 8 heteroatoms. The largest absolute Gasteiger partial charge is 0.451 e. The van der Waals surface area contributed by atoms with Gasteiger partial charge in [0.15, 0.2) is 6.10 Å². The van der Waals surface area contributed by atoms with Crippen molar-refractivity contribution in [2.75, 3.05) is 37.6 Å². The molecule has 2 saturated heterocycles. The zero-order valence-corrected chi connectivity index (χ0v) is 15.3. The number of hydrogen-bond acceptors (Lipinski definition) is 6. The number of carbonyl (C=O) groups excluding carboxylic acids is 4. The molecule has 2 aliphatic heterocycles. The molecule has 0 radical (unpaired) electrons. The van der Waals surface area contributed by atoms with Crippen LogP contribution < -0.4 is 4.90 Å². The van der Waals surface area contributed by atoms with Crippen molar-refractivity contribution in [3.05, 3.63) is 30.3 Å². The predicted molar refractivity (Wildman–Crippen MR) is 96.7 cm³/mol. The minimum Gasteiger partial charge on any atom is -0.451 e. The number of rotatable bonds is 5. The lowest BCUT2D eigenvalue weighted by Crippen LogP contribution is -2.52. The van der Waals surface area contributed by atoms with Crippen molar-refractivity contribution in [2.24, 2.45) is 0 Å². The summed E-state index contributed by atoms with van der Waals surface area (Å²) in [4.78, 5) is 52.4. The Kier molecular flexibility index (Phi) is 5.73. The summed E-state index contributed by atoms with van der Waals surface area (Å²) in [7, 11) is 0. The first-order valence-corrected chi connectivity index (χ1v) is 9.07. The topological polar surface area (TPSA) is 87.2 Å². The molecule has 2 fully saturated rings. The fraction of sp³-hybridized carbons (Fsp3) is 0.474. The number of amides is 3. The van der Waals surface area contributed by atoms with Crippen molar-refractivity contribution in [3.8, 4) is 0 Å². The first-order valence-electron chi connectivity index (χ1n) is 9.07. The van der Waals surface area contributed by atoms with Gasteiger partial charge in [-0.3, -0.25) is 24.1 Å². The highest BCUT2D eigenvalue weighted by Crippen LogP contribution is 2.16. The Hall–Kier alpha value is -2.90. The van der Waals surface area contributed by atoms with Crippen molar-refractivity contribution in [1.29, 1.82) is 0 Å². The summed E-state index contributed by atoms with van der Waals surface area (Å²) in [5.41, 5.74) is 1.11. The van der Waals surface area contributed by atoms with Crippen LogP contribution in [0, 0.1) is 0 Å². The van der Waals surface area contributed by atoms with Gasteiger partial charge in [-0.25, -0.2) is 0 Å². The zero-order valence-electron chi connectivity index (χ0n) is 15.3. The SMILES string of the molecule is C[C@@H](OC(=O)CN1C(=O)CCC1=O)C(=O)N1CCN(c2ccccc2)CC1. The van der Waals surface area contributed by atoms with Gasteiger partial charge in [0.25, 0.3) is 5.91 Å². The average molecular weight is 373 g/mol. The number of esters is 1. The Bertz CT molecular complexity index is 712. The summed E-state index contributed by atoms with van der Waals surface area (Å²) >= 11 is 0. The molecule has 8 nitrogen and oxygen atoms in total. The van der Waals surface area contributed by atoms with Gasteiger partial charge in [0.1, 0.15) is 6.54 Å². The van der Waals surface area contributed by atoms with Crippen LogP contribution in [0.1, 0.15) is 19.8 Å². The molecule has 0 aromatic heterocycles. The lowest BCUT2D eigenvalue weighted by atomic mass is 10.2. The van der Waals surface area contributed by atoms with E-state index in [9.17, 15) is 19.2 Å². The van der Waals surface area contributed by atoms with Crippen molar-refractivity contribution in [2.45, 2.75) is 25.9 Å². The van der Waals surface area contributed by atoms with E-state index < -0.39 is 18.6 Å². The Morgan fingerprint density at radius 1 is 1.00 bits per heavy atom. The highest BCUT2D eigenvalue weighted by Gasteiger charge is 2.33. The van der Waals surface area contributed by atoms with E-state index >= 15 is 0 Å². The standard InChI is InChI=1S/C19H23N3O5/c1-14(27-18(25)13-22-16(23)7-8-17(22)24)19(26)21-11-9-20(10-12-21)15-5-3-2-4-6-15/h2-6,14H,7-13H2,1H3/t14-/m1/s1. The van der Waals surface area contributed by atoms with Gasteiger partial charge in [-0.05, 0) is 19.1 Å². The molecule has 0 N–H and O–H groups in total. The first-order chi connectivity index (χ1) is 13.0. The van der Waals surface area contributed by atoms with Crippen molar-refractivity contribution in [3.63, 3.8) is 0 Å². The van der Waals surface area contributed by atoms with E-state index in [0.29, 0.717) is 26.2 Å². The lowest BCUT2D eigenvalue weighted by Gasteiger charge is -2.37. The fourth-order valence-electron chi connectivity index (χ4n) is 3.29. The first kappa shape index (κ1) is 18.9. The second kappa shape index (κ2) is 8.20. The molecular formula is C19H23N3O5. The normalized spacial score (nSPS) is 18.6. The number of hydrogen-bond donors (Lipinski definition) is 0. The van der Waals surface area contributed by atoms with Crippen LogP contribution in [0.25, 0.3) is 0 Å². The van der Waals surface area contributed by atoms with E-state index in [2.05, 4.69) is 4.90 Å². The van der Waals surface area contributed by atoms with E-state index in [1.165, 1.54) is 6.92 Å². The molecular weight excluding hydrogens is 350 g/mol. The van der Waals surface area contributed by atoms with Gasteiger partial charge >= 0.3 is 5.97 Å². The van der Waals surface area contributed by atoms with E-state index in [1.807, 2.05) is 30.3 Å². The quantitative estimate of drug-likeness (QED) is 0.549. The summed E-state index contributed by atoms with van der Waals surface area (Å²) in [6.45, 7) is 3.56. The maximum atomic E-state index is 12.5. The van der Waals surface area contributed by atoms with Gasteiger partial charge in [0, 0.05) is 44.7 Å². The van der Waals surface area contributed by atoms with Gasteiger partial charge < -0.3 is 14.5 Å². The van der Waals surface area contributed by atoms with Crippen molar-refractivity contribution < 1.29 is 23.9 Å². The number of nitrogens with zero attached hydrogens (tertiary/aromatic N) is 3. The third-order valence-electron chi connectivity index (χ3n) is 4.81. The number of imide groups is 1. The molecule has 0 saturated carbocycles. The minimum atomic E-state index is -0.950. The van der Waals surface area contributed by atoms with Crippen LogP contribution in [0.5, 0.6) is 0 Å². The maximum Gasteiger partial charge on any atom is 0.326 e. The molecule has 1 aromatic rings. The van der Waals surface area contributed by atoms with Crippen LogP contribution in [-0.2, 0) is 23.9 Å². The van der Waals surface area contributed by atoms with Crippen LogP contribution >= 0.6 is 0 Å². The number of likely N-dealkylation sites (tertiary alicyclic amines) is 1. The number of carbonyl (C=O) groups is 4. The molecule has 2 aliphatic rings. The zero-order chi connectivity index (χ0) is 19.4. The predicted octanol–water partition coefficient (Wildman–Crippen LogP) is 0.416. The lowest BCUT2D eigenvalue weighted by molar-refractivity contribution is -0.162. The highest BCUT2D eigenvalue weighted by atomic mass is 16.5. The second-order valence-corrected chi connectivity index (χ2v) is 6.65. The molecule has 0 unspecified atom stereocenters. The number of anilines is 1. The summed E-state index contributed by atoms with van der Waals surface area (Å²) in [6, 6.07) is 9.97. The van der Waals surface area contributed by atoms with Crippen molar-refractivity contribution in [1.82, 2.24) is 9.80 Å².